The van der Waals surface area contributed by atoms with Crippen molar-refractivity contribution in [2.75, 3.05) is 4.90 Å². The lowest BCUT2D eigenvalue weighted by Crippen LogP contribution is -2.10. The maximum Gasteiger partial charge on any atom is 0.0468 e. The van der Waals surface area contributed by atoms with Crippen molar-refractivity contribution in [2.24, 2.45) is 0 Å². The molecule has 0 aromatic heterocycles. The summed E-state index contributed by atoms with van der Waals surface area (Å²) >= 11 is 0. The van der Waals surface area contributed by atoms with Crippen molar-refractivity contribution in [3.63, 3.8) is 0 Å². The number of rotatable bonds is 7. The average Bonchev–Trinajstić information content (AvgIpc) is 3.32. The van der Waals surface area contributed by atoms with Gasteiger partial charge >= 0.3 is 0 Å². The largest absolute Gasteiger partial charge is 0.310 e. The summed E-state index contributed by atoms with van der Waals surface area (Å²) in [6, 6.07) is 86.2. The summed E-state index contributed by atoms with van der Waals surface area (Å²) in [5, 5.41) is 10.1. The number of benzene rings is 11. The highest BCUT2D eigenvalue weighted by Crippen LogP contribution is 2.42. The summed E-state index contributed by atoms with van der Waals surface area (Å²) in [5.74, 6) is 0. The molecule has 0 aliphatic heterocycles. The maximum absolute atomic E-state index is 2.39. The van der Waals surface area contributed by atoms with Gasteiger partial charge in [0.2, 0.25) is 0 Å². The second kappa shape index (κ2) is 14.6. The van der Waals surface area contributed by atoms with Crippen LogP contribution in [0.3, 0.4) is 0 Å². The van der Waals surface area contributed by atoms with Crippen LogP contribution in [0.1, 0.15) is 0 Å². The van der Waals surface area contributed by atoms with Crippen LogP contribution in [-0.4, -0.2) is 0 Å². The fourth-order valence-electron chi connectivity index (χ4n) is 8.92. The van der Waals surface area contributed by atoms with Crippen LogP contribution in [0.5, 0.6) is 0 Å². The van der Waals surface area contributed by atoms with Crippen LogP contribution in [0.15, 0.2) is 237 Å². The molecule has 0 unspecified atom stereocenters. The highest BCUT2D eigenvalue weighted by molar-refractivity contribution is 6.25. The smallest absolute Gasteiger partial charge is 0.0468 e. The van der Waals surface area contributed by atoms with E-state index in [9.17, 15) is 0 Å². The lowest BCUT2D eigenvalue weighted by Gasteiger charge is -2.27. The first kappa shape index (κ1) is 34.5. The summed E-state index contributed by atoms with van der Waals surface area (Å²) in [4.78, 5) is 2.39. The molecule has 276 valence electrons. The van der Waals surface area contributed by atoms with E-state index in [4.69, 9.17) is 0 Å². The minimum atomic E-state index is 1.10. The first-order chi connectivity index (χ1) is 29.2. The standard InChI is InChI=1S/C58H39N/c1-2-12-40(13-3-1)41-24-26-42(27-25-41)43-28-32-48(33-29-43)59(50-36-37-57-55-21-7-6-19-53(55)54-20-8-9-22-56(54)58(57)39-50)49-34-30-44(31-35-49)46-16-10-17-47(38-46)52-23-11-15-45-14-4-5-18-51(45)52/h1-39H. The molecule has 0 spiro atoms. The van der Waals surface area contributed by atoms with E-state index in [1.807, 2.05) is 0 Å². The third-order valence-corrected chi connectivity index (χ3v) is 11.9. The number of anilines is 3. The van der Waals surface area contributed by atoms with Gasteiger partial charge in [-0.1, -0.05) is 194 Å². The van der Waals surface area contributed by atoms with E-state index in [-0.39, 0.29) is 0 Å². The summed E-state index contributed by atoms with van der Waals surface area (Å²) < 4.78 is 0. The quantitative estimate of drug-likeness (QED) is 0.147. The molecule has 1 nitrogen and oxygen atoms in total. The van der Waals surface area contributed by atoms with E-state index in [1.54, 1.807) is 0 Å². The molecule has 1 heteroatoms. The number of hydrogen-bond acceptors (Lipinski definition) is 1. The Morgan fingerprint density at radius 2 is 0.593 bits per heavy atom. The van der Waals surface area contributed by atoms with Crippen LogP contribution >= 0.6 is 0 Å². The molecule has 0 saturated carbocycles. The van der Waals surface area contributed by atoms with Crippen LogP contribution < -0.4 is 4.90 Å². The van der Waals surface area contributed by atoms with Gasteiger partial charge in [0.15, 0.2) is 0 Å². The van der Waals surface area contributed by atoms with Crippen molar-refractivity contribution in [2.45, 2.75) is 0 Å². The van der Waals surface area contributed by atoms with Crippen molar-refractivity contribution in [3.05, 3.63) is 237 Å². The van der Waals surface area contributed by atoms with Crippen molar-refractivity contribution in [1.82, 2.24) is 0 Å². The normalized spacial score (nSPS) is 11.4. The van der Waals surface area contributed by atoms with Gasteiger partial charge in [0.05, 0.1) is 0 Å². The van der Waals surface area contributed by atoms with E-state index in [2.05, 4.69) is 241 Å². The Bertz CT molecular complexity index is 3250. The third kappa shape index (κ3) is 6.30. The minimum absolute atomic E-state index is 1.10. The Balaban J connectivity index is 1.00. The Labute approximate surface area is 344 Å². The summed E-state index contributed by atoms with van der Waals surface area (Å²) in [6.07, 6.45) is 0. The highest BCUT2D eigenvalue weighted by Gasteiger charge is 2.17. The van der Waals surface area contributed by atoms with E-state index in [0.29, 0.717) is 0 Å². The molecule has 0 aliphatic carbocycles. The molecule has 11 aromatic carbocycles. The molecule has 0 fully saturated rings. The van der Waals surface area contributed by atoms with Gasteiger partial charge in [-0.3, -0.25) is 0 Å². The molecule has 0 radical (unpaired) electrons. The summed E-state index contributed by atoms with van der Waals surface area (Å²) in [6.45, 7) is 0. The molecule has 0 saturated heterocycles. The molecule has 0 aliphatic rings. The lowest BCUT2D eigenvalue weighted by atomic mass is 9.94. The molecule has 0 amide bonds. The molecular formula is C58H39N. The average molecular weight is 750 g/mol. The Morgan fingerprint density at radius 1 is 0.203 bits per heavy atom. The Morgan fingerprint density at radius 3 is 1.20 bits per heavy atom. The fraction of sp³-hybridized carbons (Fsp3) is 0. The fourth-order valence-corrected chi connectivity index (χ4v) is 8.92. The zero-order chi connectivity index (χ0) is 39.1. The van der Waals surface area contributed by atoms with Gasteiger partial charge in [0.25, 0.3) is 0 Å². The summed E-state index contributed by atoms with van der Waals surface area (Å²) in [5.41, 5.74) is 13.0. The number of nitrogens with zero attached hydrogens (tertiary/aromatic N) is 1. The second-order valence-electron chi connectivity index (χ2n) is 15.3. The van der Waals surface area contributed by atoms with Gasteiger partial charge in [0.1, 0.15) is 0 Å². The molecule has 0 atom stereocenters. The molecule has 0 bridgehead atoms. The van der Waals surface area contributed by atoms with E-state index < -0.39 is 0 Å². The van der Waals surface area contributed by atoms with Gasteiger partial charge < -0.3 is 4.90 Å². The lowest BCUT2D eigenvalue weighted by molar-refractivity contribution is 1.29. The molecule has 0 N–H and O–H groups in total. The molecule has 11 rings (SSSR count). The van der Waals surface area contributed by atoms with Crippen LogP contribution in [0.4, 0.5) is 17.1 Å². The van der Waals surface area contributed by atoms with E-state index >= 15 is 0 Å². The topological polar surface area (TPSA) is 3.24 Å². The van der Waals surface area contributed by atoms with E-state index in [1.165, 1.54) is 87.6 Å². The minimum Gasteiger partial charge on any atom is -0.310 e. The van der Waals surface area contributed by atoms with Crippen molar-refractivity contribution in [3.8, 4) is 44.5 Å². The van der Waals surface area contributed by atoms with Crippen molar-refractivity contribution in [1.29, 1.82) is 0 Å². The number of hydrogen-bond donors (Lipinski definition) is 0. The van der Waals surface area contributed by atoms with Crippen molar-refractivity contribution < 1.29 is 0 Å². The van der Waals surface area contributed by atoms with Crippen LogP contribution in [0, 0.1) is 0 Å². The highest BCUT2D eigenvalue weighted by atomic mass is 15.1. The molecule has 59 heavy (non-hydrogen) atoms. The second-order valence-corrected chi connectivity index (χ2v) is 15.3. The van der Waals surface area contributed by atoms with Gasteiger partial charge in [-0.15, -0.1) is 0 Å². The van der Waals surface area contributed by atoms with Gasteiger partial charge in [0, 0.05) is 17.1 Å². The summed E-state index contributed by atoms with van der Waals surface area (Å²) in [7, 11) is 0. The predicted molar refractivity (Wildman–Crippen MR) is 253 cm³/mol. The van der Waals surface area contributed by atoms with Crippen LogP contribution in [0.2, 0.25) is 0 Å². The first-order valence-electron chi connectivity index (χ1n) is 20.3. The first-order valence-corrected chi connectivity index (χ1v) is 20.3. The van der Waals surface area contributed by atoms with Gasteiger partial charge in [-0.05, 0) is 130 Å². The Hall–Kier alpha value is -7.74. The van der Waals surface area contributed by atoms with Gasteiger partial charge in [-0.2, -0.15) is 0 Å². The molecular weight excluding hydrogens is 711 g/mol. The predicted octanol–water partition coefficient (Wildman–Crippen LogP) is 16.4. The monoisotopic (exact) mass is 749 g/mol. The van der Waals surface area contributed by atoms with Crippen LogP contribution in [-0.2, 0) is 0 Å². The number of fused-ring (bicyclic) bond motifs is 7. The maximum atomic E-state index is 2.39. The zero-order valence-corrected chi connectivity index (χ0v) is 32.5. The molecule has 0 heterocycles. The third-order valence-electron chi connectivity index (χ3n) is 11.9. The Kier molecular flexibility index (Phi) is 8.56. The zero-order valence-electron chi connectivity index (χ0n) is 32.5. The SMILES string of the molecule is c1ccc(-c2ccc(-c3ccc(N(c4ccc(-c5cccc(-c6cccc7ccccc67)c5)cc4)c4ccc5c6ccccc6c6ccccc6c5c4)cc3)cc2)cc1. The van der Waals surface area contributed by atoms with E-state index in [0.717, 1.165) is 17.1 Å². The molecule has 11 aromatic rings. The van der Waals surface area contributed by atoms with Crippen molar-refractivity contribution >= 4 is 60.2 Å². The van der Waals surface area contributed by atoms with Crippen LogP contribution in [0.25, 0.3) is 87.6 Å². The van der Waals surface area contributed by atoms with Gasteiger partial charge in [-0.25, -0.2) is 0 Å².